The fourth-order valence-corrected chi connectivity index (χ4v) is 3.73. The first-order valence-electron chi connectivity index (χ1n) is 10.2. The highest BCUT2D eigenvalue weighted by atomic mass is 16.5. The van der Waals surface area contributed by atoms with E-state index in [0.29, 0.717) is 6.61 Å². The Balaban J connectivity index is 1.56. The van der Waals surface area contributed by atoms with Gasteiger partial charge in [-0.25, -0.2) is 0 Å². The molecule has 1 unspecified atom stereocenters. The SMILES string of the molecule is COc1cccc(/C=C/C2NCCc3cc(OCc4ccccc4)c(OC)cc32)c1. The van der Waals surface area contributed by atoms with Crippen molar-refractivity contribution >= 4 is 6.08 Å². The van der Waals surface area contributed by atoms with E-state index in [1.165, 1.54) is 11.1 Å². The summed E-state index contributed by atoms with van der Waals surface area (Å²) in [7, 11) is 3.37. The molecule has 4 rings (SSSR count). The lowest BCUT2D eigenvalue weighted by atomic mass is 9.93. The van der Waals surface area contributed by atoms with Gasteiger partial charge in [0.25, 0.3) is 0 Å². The third-order valence-corrected chi connectivity index (χ3v) is 5.33. The number of fused-ring (bicyclic) bond motifs is 1. The molecule has 0 saturated heterocycles. The van der Waals surface area contributed by atoms with Gasteiger partial charge in [0.05, 0.1) is 20.3 Å². The van der Waals surface area contributed by atoms with Gasteiger partial charge in [-0.15, -0.1) is 0 Å². The maximum atomic E-state index is 6.09. The summed E-state index contributed by atoms with van der Waals surface area (Å²) in [5, 5.41) is 3.59. The lowest BCUT2D eigenvalue weighted by molar-refractivity contribution is 0.283. The molecule has 1 aliphatic heterocycles. The third-order valence-electron chi connectivity index (χ3n) is 5.33. The number of benzene rings is 3. The molecule has 3 aromatic rings. The highest BCUT2D eigenvalue weighted by Gasteiger charge is 2.21. The quantitative estimate of drug-likeness (QED) is 0.592. The van der Waals surface area contributed by atoms with Gasteiger partial charge in [0.1, 0.15) is 12.4 Å². The number of rotatable bonds is 7. The van der Waals surface area contributed by atoms with E-state index in [9.17, 15) is 0 Å². The van der Waals surface area contributed by atoms with Crippen LogP contribution in [-0.4, -0.2) is 20.8 Å². The van der Waals surface area contributed by atoms with Crippen LogP contribution in [0.5, 0.6) is 17.2 Å². The standard InChI is InChI=1S/C26H27NO3/c1-28-22-10-6-9-19(15-22)11-12-24-23-17-25(29-2)26(16-21(23)13-14-27-24)30-18-20-7-4-3-5-8-20/h3-12,15-17,24,27H,13-14,18H2,1-2H3/b12-11+. The van der Waals surface area contributed by atoms with Crippen molar-refractivity contribution in [3.05, 3.63) is 95.1 Å². The lowest BCUT2D eigenvalue weighted by Crippen LogP contribution is -2.28. The molecule has 1 atom stereocenters. The molecular formula is C26H27NO3. The van der Waals surface area contributed by atoms with E-state index in [-0.39, 0.29) is 6.04 Å². The van der Waals surface area contributed by atoms with E-state index in [2.05, 4.69) is 47.8 Å². The fourth-order valence-electron chi connectivity index (χ4n) is 3.73. The molecule has 1 N–H and O–H groups in total. The van der Waals surface area contributed by atoms with Crippen LogP contribution in [0.25, 0.3) is 6.08 Å². The minimum Gasteiger partial charge on any atom is -0.497 e. The van der Waals surface area contributed by atoms with Crippen LogP contribution in [-0.2, 0) is 13.0 Å². The average molecular weight is 402 g/mol. The van der Waals surface area contributed by atoms with Crippen molar-refractivity contribution in [1.82, 2.24) is 5.32 Å². The topological polar surface area (TPSA) is 39.7 Å². The smallest absolute Gasteiger partial charge is 0.161 e. The Morgan fingerprint density at radius 2 is 1.80 bits per heavy atom. The van der Waals surface area contributed by atoms with Gasteiger partial charge in [0.15, 0.2) is 11.5 Å². The molecule has 30 heavy (non-hydrogen) atoms. The Kier molecular flexibility index (Phi) is 6.35. The summed E-state index contributed by atoms with van der Waals surface area (Å²) in [6.45, 7) is 1.44. The molecule has 0 spiro atoms. The maximum absolute atomic E-state index is 6.09. The first kappa shape index (κ1) is 20.0. The van der Waals surface area contributed by atoms with Crippen LogP contribution in [0.4, 0.5) is 0 Å². The van der Waals surface area contributed by atoms with Crippen molar-refractivity contribution in [3.63, 3.8) is 0 Å². The maximum Gasteiger partial charge on any atom is 0.161 e. The zero-order chi connectivity index (χ0) is 20.8. The summed E-state index contributed by atoms with van der Waals surface area (Å²) < 4.78 is 17.1. The van der Waals surface area contributed by atoms with Gasteiger partial charge in [-0.05, 0) is 52.9 Å². The van der Waals surface area contributed by atoms with Gasteiger partial charge in [0.2, 0.25) is 0 Å². The second-order valence-corrected chi connectivity index (χ2v) is 7.29. The van der Waals surface area contributed by atoms with E-state index >= 15 is 0 Å². The summed E-state index contributed by atoms with van der Waals surface area (Å²) in [5.74, 6) is 2.40. The van der Waals surface area contributed by atoms with Crippen molar-refractivity contribution in [2.75, 3.05) is 20.8 Å². The molecular weight excluding hydrogens is 374 g/mol. The largest absolute Gasteiger partial charge is 0.497 e. The van der Waals surface area contributed by atoms with Crippen LogP contribution < -0.4 is 19.5 Å². The zero-order valence-corrected chi connectivity index (χ0v) is 17.4. The second kappa shape index (κ2) is 9.51. The van der Waals surface area contributed by atoms with Gasteiger partial charge >= 0.3 is 0 Å². The highest BCUT2D eigenvalue weighted by Crippen LogP contribution is 2.36. The van der Waals surface area contributed by atoms with Crippen LogP contribution in [0.3, 0.4) is 0 Å². The lowest BCUT2D eigenvalue weighted by Gasteiger charge is -2.26. The Morgan fingerprint density at radius 1 is 0.933 bits per heavy atom. The molecule has 0 aliphatic carbocycles. The summed E-state index contributed by atoms with van der Waals surface area (Å²) in [5.41, 5.74) is 4.76. The number of nitrogens with one attached hydrogen (secondary N) is 1. The van der Waals surface area contributed by atoms with E-state index in [1.807, 2.05) is 36.4 Å². The van der Waals surface area contributed by atoms with Crippen molar-refractivity contribution in [3.8, 4) is 17.2 Å². The average Bonchev–Trinajstić information content (AvgIpc) is 2.81. The molecule has 1 heterocycles. The van der Waals surface area contributed by atoms with Crippen LogP contribution in [0, 0.1) is 0 Å². The Labute approximate surface area is 178 Å². The Bertz CT molecular complexity index is 1010. The molecule has 1 aliphatic rings. The molecule has 154 valence electrons. The number of ether oxygens (including phenoxy) is 3. The predicted octanol–water partition coefficient (Wildman–Crippen LogP) is 5.18. The van der Waals surface area contributed by atoms with Crippen LogP contribution in [0.15, 0.2) is 72.8 Å². The van der Waals surface area contributed by atoms with Gasteiger partial charge in [0, 0.05) is 6.54 Å². The molecule has 0 amide bonds. The molecule has 0 fully saturated rings. The van der Waals surface area contributed by atoms with E-state index in [1.54, 1.807) is 14.2 Å². The van der Waals surface area contributed by atoms with Crippen molar-refractivity contribution in [2.45, 2.75) is 19.1 Å². The van der Waals surface area contributed by atoms with Gasteiger partial charge in [-0.2, -0.15) is 0 Å². The number of methoxy groups -OCH3 is 2. The highest BCUT2D eigenvalue weighted by molar-refractivity contribution is 5.55. The summed E-state index contributed by atoms with van der Waals surface area (Å²) in [6, 6.07) is 22.6. The van der Waals surface area contributed by atoms with Gasteiger partial charge in [-0.3, -0.25) is 0 Å². The van der Waals surface area contributed by atoms with Gasteiger partial charge in [-0.1, -0.05) is 54.6 Å². The predicted molar refractivity (Wildman–Crippen MR) is 120 cm³/mol. The Morgan fingerprint density at radius 3 is 2.60 bits per heavy atom. The molecule has 3 aromatic carbocycles. The van der Waals surface area contributed by atoms with E-state index in [4.69, 9.17) is 14.2 Å². The summed E-state index contributed by atoms with van der Waals surface area (Å²) >= 11 is 0. The summed E-state index contributed by atoms with van der Waals surface area (Å²) in [6.07, 6.45) is 5.28. The second-order valence-electron chi connectivity index (χ2n) is 7.29. The van der Waals surface area contributed by atoms with E-state index < -0.39 is 0 Å². The zero-order valence-electron chi connectivity index (χ0n) is 17.4. The molecule has 4 heteroatoms. The van der Waals surface area contributed by atoms with E-state index in [0.717, 1.165) is 41.3 Å². The van der Waals surface area contributed by atoms with Crippen LogP contribution >= 0.6 is 0 Å². The monoisotopic (exact) mass is 401 g/mol. The molecule has 4 nitrogen and oxygen atoms in total. The molecule has 0 aromatic heterocycles. The first-order valence-corrected chi connectivity index (χ1v) is 10.2. The van der Waals surface area contributed by atoms with Gasteiger partial charge < -0.3 is 19.5 Å². The Hall–Kier alpha value is -3.24. The van der Waals surface area contributed by atoms with Crippen LogP contribution in [0.1, 0.15) is 28.3 Å². The van der Waals surface area contributed by atoms with Crippen molar-refractivity contribution < 1.29 is 14.2 Å². The molecule has 0 bridgehead atoms. The third kappa shape index (κ3) is 4.66. The number of hydrogen-bond donors (Lipinski definition) is 1. The normalized spacial score (nSPS) is 15.6. The van der Waals surface area contributed by atoms with Crippen molar-refractivity contribution in [2.24, 2.45) is 0 Å². The minimum atomic E-state index is 0.122. The molecule has 0 radical (unpaired) electrons. The fraction of sp³-hybridized carbons (Fsp3) is 0.231. The number of hydrogen-bond acceptors (Lipinski definition) is 4. The summed E-state index contributed by atoms with van der Waals surface area (Å²) in [4.78, 5) is 0. The minimum absolute atomic E-state index is 0.122. The first-order chi connectivity index (χ1) is 14.8. The van der Waals surface area contributed by atoms with Crippen LogP contribution in [0.2, 0.25) is 0 Å². The van der Waals surface area contributed by atoms with Crippen molar-refractivity contribution in [1.29, 1.82) is 0 Å². The molecule has 0 saturated carbocycles.